The van der Waals surface area contributed by atoms with E-state index in [2.05, 4.69) is 48.5 Å². The largest absolute Gasteiger partial charge is 0.158 e. The van der Waals surface area contributed by atoms with Crippen LogP contribution in [0.4, 0.5) is 0 Å². The van der Waals surface area contributed by atoms with E-state index in [0.29, 0.717) is 10.7 Å². The molecule has 1 heteroatoms. The van der Waals surface area contributed by atoms with Crippen molar-refractivity contribution in [3.8, 4) is 0 Å². The zero-order valence-electron chi connectivity index (χ0n) is 9.40. The van der Waals surface area contributed by atoms with Gasteiger partial charge in [0.05, 0.1) is 0 Å². The molecule has 0 fully saturated rings. The third-order valence-electron chi connectivity index (χ3n) is 1.87. The van der Waals surface area contributed by atoms with Crippen molar-refractivity contribution >= 4 is 11.8 Å². The molecule has 0 aromatic rings. The molecule has 12 heavy (non-hydrogen) atoms. The van der Waals surface area contributed by atoms with Crippen LogP contribution in [0, 0.1) is 17.8 Å². The molecule has 1 atom stereocenters. The van der Waals surface area contributed by atoms with Gasteiger partial charge in [-0.3, -0.25) is 0 Å². The second kappa shape index (κ2) is 4.04. The van der Waals surface area contributed by atoms with Gasteiger partial charge in [-0.05, 0) is 23.5 Å². The smallest absolute Gasteiger partial charge is 0.00701 e. The Morgan fingerprint density at radius 3 is 1.83 bits per heavy atom. The van der Waals surface area contributed by atoms with Gasteiger partial charge in [-0.25, -0.2) is 0 Å². The van der Waals surface area contributed by atoms with Crippen molar-refractivity contribution in [2.24, 2.45) is 10.8 Å². The Bertz CT molecular complexity index is 125. The molecule has 0 amide bonds. The quantitative estimate of drug-likeness (QED) is 0.643. The van der Waals surface area contributed by atoms with E-state index in [4.69, 9.17) is 0 Å². The van der Waals surface area contributed by atoms with Crippen LogP contribution in [0.1, 0.15) is 41.5 Å². The van der Waals surface area contributed by atoms with Crippen LogP contribution in [0.3, 0.4) is 0 Å². The van der Waals surface area contributed by atoms with Crippen LogP contribution in [-0.4, -0.2) is 11.0 Å². The molecule has 0 bridgehead atoms. The van der Waals surface area contributed by atoms with E-state index in [-0.39, 0.29) is 5.41 Å². The first-order chi connectivity index (χ1) is 5.13. The maximum atomic E-state index is 4.15. The highest BCUT2D eigenvalue weighted by Gasteiger charge is 2.22. The second-order valence-electron chi connectivity index (χ2n) is 5.50. The van der Waals surface area contributed by atoms with E-state index in [1.54, 1.807) is 0 Å². The van der Waals surface area contributed by atoms with Crippen LogP contribution in [-0.2, 0) is 0 Å². The summed E-state index contributed by atoms with van der Waals surface area (Å²) in [5, 5.41) is 0.636. The van der Waals surface area contributed by atoms with Gasteiger partial charge in [0.25, 0.3) is 0 Å². The first-order valence-electron chi connectivity index (χ1n) is 4.60. The van der Waals surface area contributed by atoms with Gasteiger partial charge in [0, 0.05) is 5.25 Å². The number of hydrogen-bond acceptors (Lipinski definition) is 1. The van der Waals surface area contributed by atoms with Gasteiger partial charge < -0.3 is 0 Å². The zero-order valence-corrected chi connectivity index (χ0v) is 10.2. The maximum absolute atomic E-state index is 4.15. The zero-order chi connectivity index (χ0) is 9.99. The molecule has 1 radical (unpaired) electrons. The summed E-state index contributed by atoms with van der Waals surface area (Å²) in [4.78, 5) is 0. The summed E-state index contributed by atoms with van der Waals surface area (Å²) in [5.41, 5.74) is 0.625. The monoisotopic (exact) mass is 187 g/mol. The fraction of sp³-hybridized carbons (Fsp3) is 0.909. The lowest BCUT2D eigenvalue weighted by Crippen LogP contribution is -2.22. The van der Waals surface area contributed by atoms with Gasteiger partial charge in [-0.15, -0.1) is 0 Å². The molecule has 0 aromatic heterocycles. The third-order valence-corrected chi connectivity index (χ3v) is 4.04. The van der Waals surface area contributed by atoms with E-state index < -0.39 is 0 Å². The molecule has 0 heterocycles. The van der Waals surface area contributed by atoms with E-state index in [1.807, 2.05) is 11.8 Å². The Hall–Kier alpha value is 0.350. The molecule has 1 unspecified atom stereocenters. The summed E-state index contributed by atoms with van der Waals surface area (Å²) in [7, 11) is 0. The van der Waals surface area contributed by atoms with Crippen molar-refractivity contribution < 1.29 is 0 Å². The molecule has 0 aromatic carbocycles. The molecule has 0 spiro atoms. The molecule has 0 rings (SSSR count). The SMILES string of the molecule is [CH2]C(C)(C)C(C)SCC(C)(C)C. The van der Waals surface area contributed by atoms with Crippen molar-refractivity contribution in [2.45, 2.75) is 46.8 Å². The summed E-state index contributed by atoms with van der Waals surface area (Å²) < 4.78 is 0. The van der Waals surface area contributed by atoms with Gasteiger partial charge in [-0.1, -0.05) is 41.5 Å². The average molecular weight is 187 g/mol. The third kappa shape index (κ3) is 5.93. The minimum Gasteiger partial charge on any atom is -0.158 e. The second-order valence-corrected chi connectivity index (χ2v) is 6.83. The Morgan fingerprint density at radius 2 is 1.58 bits per heavy atom. The summed E-state index contributed by atoms with van der Waals surface area (Å²) in [6.07, 6.45) is 0. The van der Waals surface area contributed by atoms with Crippen LogP contribution in [0.2, 0.25) is 0 Å². The van der Waals surface area contributed by atoms with Crippen molar-refractivity contribution in [3.05, 3.63) is 6.92 Å². The lowest BCUT2D eigenvalue weighted by Gasteiger charge is -2.29. The number of thioether (sulfide) groups is 1. The van der Waals surface area contributed by atoms with Gasteiger partial charge in [0.15, 0.2) is 0 Å². The first-order valence-corrected chi connectivity index (χ1v) is 5.65. The molecular formula is C11H23S. The number of rotatable bonds is 3. The molecule has 0 saturated heterocycles. The molecular weight excluding hydrogens is 164 g/mol. The lowest BCUT2D eigenvalue weighted by atomic mass is 9.93. The summed E-state index contributed by atoms with van der Waals surface area (Å²) in [6, 6.07) is 0. The molecule has 0 aliphatic rings. The van der Waals surface area contributed by atoms with E-state index >= 15 is 0 Å². The Balaban J connectivity index is 3.80. The predicted octanol–water partition coefficient (Wildman–Crippen LogP) is 4.01. The van der Waals surface area contributed by atoms with Crippen LogP contribution in [0.15, 0.2) is 0 Å². The van der Waals surface area contributed by atoms with Crippen molar-refractivity contribution in [1.29, 1.82) is 0 Å². The van der Waals surface area contributed by atoms with Crippen LogP contribution in [0.5, 0.6) is 0 Å². The molecule has 0 N–H and O–H groups in total. The summed E-state index contributed by atoms with van der Waals surface area (Å²) >= 11 is 2.03. The van der Waals surface area contributed by atoms with Crippen LogP contribution >= 0.6 is 11.8 Å². The lowest BCUT2D eigenvalue weighted by molar-refractivity contribution is 0.456. The standard InChI is InChI=1S/C11H23S/c1-9(11(5,6)7)12-8-10(2,3)4/h9H,5,8H2,1-4,6-7H3. The van der Waals surface area contributed by atoms with Gasteiger partial charge in [-0.2, -0.15) is 11.8 Å². The van der Waals surface area contributed by atoms with Crippen LogP contribution in [0.25, 0.3) is 0 Å². The molecule has 0 aliphatic heterocycles. The van der Waals surface area contributed by atoms with Crippen molar-refractivity contribution in [1.82, 2.24) is 0 Å². The first kappa shape index (κ1) is 12.3. The highest BCUT2D eigenvalue weighted by molar-refractivity contribution is 7.99. The predicted molar refractivity (Wildman–Crippen MR) is 60.5 cm³/mol. The van der Waals surface area contributed by atoms with Crippen LogP contribution < -0.4 is 0 Å². The minimum atomic E-state index is 0.190. The Kier molecular flexibility index (Phi) is 4.16. The van der Waals surface area contributed by atoms with Gasteiger partial charge >= 0.3 is 0 Å². The summed E-state index contributed by atoms with van der Waals surface area (Å²) in [6.45, 7) is 17.7. The minimum absolute atomic E-state index is 0.190. The normalized spacial score (nSPS) is 16.2. The molecule has 0 nitrogen and oxygen atoms in total. The molecule has 0 aliphatic carbocycles. The average Bonchev–Trinajstić information content (AvgIpc) is 1.78. The van der Waals surface area contributed by atoms with Crippen molar-refractivity contribution in [2.75, 3.05) is 5.75 Å². The fourth-order valence-corrected chi connectivity index (χ4v) is 1.80. The summed E-state index contributed by atoms with van der Waals surface area (Å²) in [5.74, 6) is 1.22. The van der Waals surface area contributed by atoms with Gasteiger partial charge in [0.1, 0.15) is 0 Å². The van der Waals surface area contributed by atoms with E-state index in [9.17, 15) is 0 Å². The Labute approximate surface area is 82.5 Å². The highest BCUT2D eigenvalue weighted by atomic mass is 32.2. The molecule has 73 valence electrons. The molecule has 0 saturated carbocycles. The van der Waals surface area contributed by atoms with E-state index in [0.717, 1.165) is 0 Å². The highest BCUT2D eigenvalue weighted by Crippen LogP contribution is 2.33. The van der Waals surface area contributed by atoms with Gasteiger partial charge in [0.2, 0.25) is 0 Å². The topological polar surface area (TPSA) is 0 Å². The van der Waals surface area contributed by atoms with E-state index in [1.165, 1.54) is 5.75 Å². The Morgan fingerprint density at radius 1 is 1.17 bits per heavy atom. The number of hydrogen-bond donors (Lipinski definition) is 0. The van der Waals surface area contributed by atoms with Crippen molar-refractivity contribution in [3.63, 3.8) is 0 Å². The maximum Gasteiger partial charge on any atom is 0.00701 e. The fourth-order valence-electron chi connectivity index (χ4n) is 0.601.